The Morgan fingerprint density at radius 2 is 2.14 bits per heavy atom. The van der Waals surface area contributed by atoms with E-state index in [-0.39, 0.29) is 24.2 Å². The minimum absolute atomic E-state index is 0.0251. The van der Waals surface area contributed by atoms with Gasteiger partial charge in [-0.05, 0) is 31.9 Å². The van der Waals surface area contributed by atoms with Crippen molar-refractivity contribution >= 4 is 28.3 Å². The van der Waals surface area contributed by atoms with E-state index < -0.39 is 0 Å². The summed E-state index contributed by atoms with van der Waals surface area (Å²) >= 11 is 1.42. The summed E-state index contributed by atoms with van der Waals surface area (Å²) in [6, 6.07) is 3.49. The highest BCUT2D eigenvalue weighted by molar-refractivity contribution is 7.13. The molecular weight excluding hydrogens is 394 g/mol. The van der Waals surface area contributed by atoms with Crippen LogP contribution in [-0.4, -0.2) is 44.9 Å². The highest BCUT2D eigenvalue weighted by Gasteiger charge is 2.28. The van der Waals surface area contributed by atoms with Crippen LogP contribution in [-0.2, 0) is 16.0 Å². The Hall–Kier alpha value is -3.01. The Kier molecular flexibility index (Phi) is 5.70. The number of nitrogens with zero attached hydrogens (tertiary/aromatic N) is 4. The first-order valence-corrected chi connectivity index (χ1v) is 10.3. The zero-order chi connectivity index (χ0) is 20.2. The first-order chi connectivity index (χ1) is 14.1. The van der Waals surface area contributed by atoms with E-state index in [1.165, 1.54) is 17.6 Å². The van der Waals surface area contributed by atoms with Crippen LogP contribution in [0.15, 0.2) is 32.7 Å². The third-order valence-corrected chi connectivity index (χ3v) is 5.71. The normalized spacial score (nSPS) is 14.9. The zero-order valence-corrected chi connectivity index (χ0v) is 16.8. The van der Waals surface area contributed by atoms with Crippen molar-refractivity contribution < 1.29 is 18.5 Å². The van der Waals surface area contributed by atoms with Gasteiger partial charge < -0.3 is 19.2 Å². The second-order valence-electron chi connectivity index (χ2n) is 6.93. The lowest BCUT2D eigenvalue weighted by Crippen LogP contribution is -2.41. The van der Waals surface area contributed by atoms with Crippen LogP contribution >= 0.6 is 11.3 Å². The van der Waals surface area contributed by atoms with Gasteiger partial charge in [-0.25, -0.2) is 4.98 Å². The van der Waals surface area contributed by atoms with Gasteiger partial charge in [0.2, 0.25) is 23.5 Å². The molecule has 3 aromatic rings. The molecule has 2 amide bonds. The molecule has 1 saturated heterocycles. The highest BCUT2D eigenvalue weighted by atomic mass is 32.1. The first kappa shape index (κ1) is 19.3. The third-order valence-electron chi connectivity index (χ3n) is 4.83. The number of aryl methyl sites for hydroxylation is 2. The maximum atomic E-state index is 12.5. The Morgan fingerprint density at radius 1 is 1.31 bits per heavy atom. The van der Waals surface area contributed by atoms with Gasteiger partial charge >= 0.3 is 0 Å². The van der Waals surface area contributed by atoms with Crippen LogP contribution in [0.4, 0.5) is 5.13 Å². The molecule has 0 spiro atoms. The third kappa shape index (κ3) is 4.70. The van der Waals surface area contributed by atoms with Crippen LogP contribution in [0.3, 0.4) is 0 Å². The lowest BCUT2D eigenvalue weighted by molar-refractivity contribution is -0.134. The van der Waals surface area contributed by atoms with Gasteiger partial charge in [0, 0.05) is 37.2 Å². The van der Waals surface area contributed by atoms with Crippen LogP contribution in [0.1, 0.15) is 30.8 Å². The van der Waals surface area contributed by atoms with Crippen molar-refractivity contribution in [3.8, 4) is 11.6 Å². The highest BCUT2D eigenvalue weighted by Crippen LogP contribution is 2.22. The zero-order valence-electron chi connectivity index (χ0n) is 16.0. The molecule has 0 aromatic carbocycles. The summed E-state index contributed by atoms with van der Waals surface area (Å²) < 4.78 is 10.4. The van der Waals surface area contributed by atoms with Gasteiger partial charge in [0.25, 0.3) is 0 Å². The fourth-order valence-corrected chi connectivity index (χ4v) is 3.94. The van der Waals surface area contributed by atoms with Gasteiger partial charge in [-0.3, -0.25) is 9.59 Å². The molecule has 0 atom stereocenters. The van der Waals surface area contributed by atoms with Crippen molar-refractivity contribution in [2.24, 2.45) is 5.92 Å². The number of hydrogen-bond acceptors (Lipinski definition) is 8. The average molecular weight is 415 g/mol. The molecule has 1 N–H and O–H groups in total. The molecule has 3 aromatic heterocycles. The standard InChI is InChI=1S/C19H21N5O4S/c1-12-11-29-19(20-12)22-18(26)13-6-8-24(9-7-13)16(25)5-4-15-21-17(23-28-15)14-3-2-10-27-14/h2-3,10-11,13H,4-9H2,1H3,(H,20,22,26). The minimum atomic E-state index is -0.102. The van der Waals surface area contributed by atoms with Crippen LogP contribution < -0.4 is 5.32 Å². The second kappa shape index (κ2) is 8.56. The largest absolute Gasteiger partial charge is 0.461 e. The van der Waals surface area contributed by atoms with E-state index in [9.17, 15) is 9.59 Å². The number of carbonyl (C=O) groups is 2. The number of furan rings is 1. The number of anilines is 1. The number of amides is 2. The minimum Gasteiger partial charge on any atom is -0.461 e. The molecule has 1 aliphatic rings. The number of hydrogen-bond donors (Lipinski definition) is 1. The van der Waals surface area contributed by atoms with Gasteiger partial charge in [-0.1, -0.05) is 5.16 Å². The molecule has 0 unspecified atom stereocenters. The first-order valence-electron chi connectivity index (χ1n) is 9.45. The van der Waals surface area contributed by atoms with Crippen LogP contribution in [0.25, 0.3) is 11.6 Å². The van der Waals surface area contributed by atoms with Crippen LogP contribution in [0.5, 0.6) is 0 Å². The molecule has 10 heteroatoms. The molecule has 1 fully saturated rings. The van der Waals surface area contributed by atoms with Gasteiger partial charge in [-0.15, -0.1) is 11.3 Å². The maximum Gasteiger partial charge on any atom is 0.238 e. The van der Waals surface area contributed by atoms with E-state index in [0.29, 0.717) is 55.0 Å². The van der Waals surface area contributed by atoms with Crippen molar-refractivity contribution in [1.29, 1.82) is 0 Å². The number of likely N-dealkylation sites (tertiary alicyclic amines) is 1. The second-order valence-corrected chi connectivity index (χ2v) is 7.79. The molecule has 152 valence electrons. The number of carbonyl (C=O) groups excluding carboxylic acids is 2. The number of piperidine rings is 1. The SMILES string of the molecule is Cc1csc(NC(=O)C2CCN(C(=O)CCc3nc(-c4ccco4)no3)CC2)n1. The lowest BCUT2D eigenvalue weighted by Gasteiger charge is -2.31. The number of nitrogens with one attached hydrogen (secondary N) is 1. The van der Waals surface area contributed by atoms with E-state index in [2.05, 4.69) is 20.4 Å². The van der Waals surface area contributed by atoms with Crippen molar-refractivity contribution in [3.63, 3.8) is 0 Å². The van der Waals surface area contributed by atoms with Crippen molar-refractivity contribution in [2.75, 3.05) is 18.4 Å². The Bertz CT molecular complexity index is 973. The molecule has 0 saturated carbocycles. The number of thiazole rings is 1. The predicted molar refractivity (Wildman–Crippen MR) is 105 cm³/mol. The average Bonchev–Trinajstić information content (AvgIpc) is 3.48. The molecule has 4 heterocycles. The predicted octanol–water partition coefficient (Wildman–Crippen LogP) is 2.90. The summed E-state index contributed by atoms with van der Waals surface area (Å²) in [7, 11) is 0. The molecule has 1 aliphatic heterocycles. The van der Waals surface area contributed by atoms with E-state index in [1.807, 2.05) is 12.3 Å². The van der Waals surface area contributed by atoms with Gasteiger partial charge in [0.05, 0.1) is 12.0 Å². The Balaban J connectivity index is 1.22. The fraction of sp³-hybridized carbons (Fsp3) is 0.421. The summed E-state index contributed by atoms with van der Waals surface area (Å²) in [5, 5.41) is 9.25. The summed E-state index contributed by atoms with van der Waals surface area (Å²) in [4.78, 5) is 35.2. The summed E-state index contributed by atoms with van der Waals surface area (Å²) in [6.07, 6.45) is 3.48. The van der Waals surface area contributed by atoms with Gasteiger partial charge in [-0.2, -0.15) is 4.98 Å². The number of rotatable bonds is 6. The van der Waals surface area contributed by atoms with Gasteiger partial charge in [0.15, 0.2) is 10.9 Å². The quantitative estimate of drug-likeness (QED) is 0.658. The topological polar surface area (TPSA) is 114 Å². The van der Waals surface area contributed by atoms with E-state index in [4.69, 9.17) is 8.94 Å². The lowest BCUT2D eigenvalue weighted by atomic mass is 9.95. The Labute approximate surface area is 171 Å². The fourth-order valence-electron chi connectivity index (χ4n) is 3.24. The number of aromatic nitrogens is 3. The van der Waals surface area contributed by atoms with E-state index in [0.717, 1.165) is 5.69 Å². The van der Waals surface area contributed by atoms with Crippen molar-refractivity contribution in [1.82, 2.24) is 20.0 Å². The van der Waals surface area contributed by atoms with Crippen LogP contribution in [0.2, 0.25) is 0 Å². The smallest absolute Gasteiger partial charge is 0.238 e. The molecule has 0 aliphatic carbocycles. The van der Waals surface area contributed by atoms with E-state index in [1.54, 1.807) is 17.0 Å². The van der Waals surface area contributed by atoms with E-state index >= 15 is 0 Å². The summed E-state index contributed by atoms with van der Waals surface area (Å²) in [6.45, 7) is 3.02. The molecule has 0 radical (unpaired) electrons. The molecule has 9 nitrogen and oxygen atoms in total. The molecule has 0 bridgehead atoms. The van der Waals surface area contributed by atoms with Crippen molar-refractivity contribution in [2.45, 2.75) is 32.6 Å². The molecule has 29 heavy (non-hydrogen) atoms. The maximum absolute atomic E-state index is 12.5. The van der Waals surface area contributed by atoms with Crippen molar-refractivity contribution in [3.05, 3.63) is 35.4 Å². The Morgan fingerprint density at radius 3 is 2.83 bits per heavy atom. The van der Waals surface area contributed by atoms with Gasteiger partial charge in [0.1, 0.15) is 0 Å². The summed E-state index contributed by atoms with van der Waals surface area (Å²) in [5.41, 5.74) is 0.892. The monoisotopic (exact) mass is 415 g/mol. The summed E-state index contributed by atoms with van der Waals surface area (Å²) in [5.74, 6) is 1.20. The molecular formula is C19H21N5O4S. The molecule has 4 rings (SSSR count). The van der Waals surface area contributed by atoms with Crippen LogP contribution in [0, 0.1) is 12.8 Å².